The molecule has 0 aromatic rings. The van der Waals surface area contributed by atoms with E-state index in [2.05, 4.69) is 5.32 Å². The monoisotopic (exact) mass is 299 g/mol. The van der Waals surface area contributed by atoms with Gasteiger partial charge in [-0.1, -0.05) is 0 Å². The Morgan fingerprint density at radius 1 is 1.00 bits per heavy atom. The van der Waals surface area contributed by atoms with Gasteiger partial charge in [-0.3, -0.25) is 4.79 Å². The quantitative estimate of drug-likeness (QED) is 0.583. The van der Waals surface area contributed by atoms with Crippen LogP contribution in [0.25, 0.3) is 0 Å². The SMILES string of the molecule is O=C(NC(CO)(CO)CO)C1CCC(C(F)(F)F)CC1. The highest BCUT2D eigenvalue weighted by atomic mass is 19.4. The molecule has 0 saturated heterocycles. The van der Waals surface area contributed by atoms with E-state index in [0.717, 1.165) is 0 Å². The Hall–Kier alpha value is -0.860. The molecule has 0 heterocycles. The number of rotatable bonds is 5. The van der Waals surface area contributed by atoms with Crippen molar-refractivity contribution >= 4 is 5.91 Å². The molecule has 1 aliphatic rings. The zero-order valence-corrected chi connectivity index (χ0v) is 11.0. The number of nitrogens with one attached hydrogen (secondary N) is 1. The van der Waals surface area contributed by atoms with Gasteiger partial charge in [-0.05, 0) is 25.7 Å². The predicted molar refractivity (Wildman–Crippen MR) is 63.6 cm³/mol. The minimum absolute atomic E-state index is 0.105. The van der Waals surface area contributed by atoms with E-state index in [1.807, 2.05) is 0 Å². The van der Waals surface area contributed by atoms with Gasteiger partial charge in [0.1, 0.15) is 5.54 Å². The second kappa shape index (κ2) is 6.73. The van der Waals surface area contributed by atoms with Crippen LogP contribution in [0.2, 0.25) is 0 Å². The van der Waals surface area contributed by atoms with Crippen LogP contribution in [-0.2, 0) is 4.79 Å². The van der Waals surface area contributed by atoms with Crippen LogP contribution in [-0.4, -0.2) is 52.8 Å². The number of halogens is 3. The van der Waals surface area contributed by atoms with Gasteiger partial charge >= 0.3 is 6.18 Å². The summed E-state index contributed by atoms with van der Waals surface area (Å²) < 4.78 is 37.5. The number of carbonyl (C=O) groups is 1. The number of aliphatic hydroxyl groups excluding tert-OH is 3. The molecular weight excluding hydrogens is 279 g/mol. The highest BCUT2D eigenvalue weighted by Crippen LogP contribution is 2.39. The van der Waals surface area contributed by atoms with Crippen molar-refractivity contribution in [3.8, 4) is 0 Å². The fraction of sp³-hybridized carbons (Fsp3) is 0.917. The summed E-state index contributed by atoms with van der Waals surface area (Å²) in [6.45, 7) is -1.95. The van der Waals surface area contributed by atoms with E-state index in [0.29, 0.717) is 0 Å². The summed E-state index contributed by atoms with van der Waals surface area (Å²) in [7, 11) is 0. The molecule has 0 aliphatic heterocycles. The van der Waals surface area contributed by atoms with Crippen molar-refractivity contribution in [3.05, 3.63) is 0 Å². The van der Waals surface area contributed by atoms with Crippen LogP contribution in [0.15, 0.2) is 0 Å². The number of alkyl halides is 3. The third-order valence-electron chi connectivity index (χ3n) is 3.86. The molecule has 118 valence electrons. The van der Waals surface area contributed by atoms with E-state index in [9.17, 15) is 18.0 Å². The lowest BCUT2D eigenvalue weighted by Gasteiger charge is -2.33. The molecule has 0 bridgehead atoms. The van der Waals surface area contributed by atoms with Gasteiger partial charge in [0.05, 0.1) is 25.7 Å². The maximum Gasteiger partial charge on any atom is 0.391 e. The van der Waals surface area contributed by atoms with E-state index in [1.165, 1.54) is 0 Å². The van der Waals surface area contributed by atoms with Crippen LogP contribution in [0.3, 0.4) is 0 Å². The maximum atomic E-state index is 12.5. The van der Waals surface area contributed by atoms with Crippen LogP contribution in [0, 0.1) is 11.8 Å². The average Bonchev–Trinajstić information content (AvgIpc) is 2.44. The minimum Gasteiger partial charge on any atom is -0.394 e. The third-order valence-corrected chi connectivity index (χ3v) is 3.86. The molecule has 1 rings (SSSR count). The highest BCUT2D eigenvalue weighted by Gasteiger charge is 2.43. The van der Waals surface area contributed by atoms with Crippen molar-refractivity contribution in [2.75, 3.05) is 19.8 Å². The molecule has 0 spiro atoms. The van der Waals surface area contributed by atoms with Crippen LogP contribution in [0.1, 0.15) is 25.7 Å². The first-order valence-corrected chi connectivity index (χ1v) is 6.49. The molecule has 1 aliphatic carbocycles. The van der Waals surface area contributed by atoms with Gasteiger partial charge in [0.15, 0.2) is 0 Å². The molecule has 1 fully saturated rings. The third kappa shape index (κ3) is 4.07. The van der Waals surface area contributed by atoms with E-state index < -0.39 is 49.3 Å². The van der Waals surface area contributed by atoms with Crippen LogP contribution in [0.5, 0.6) is 0 Å². The van der Waals surface area contributed by atoms with Crippen LogP contribution in [0.4, 0.5) is 13.2 Å². The van der Waals surface area contributed by atoms with Gasteiger partial charge in [0, 0.05) is 5.92 Å². The van der Waals surface area contributed by atoms with Crippen molar-refractivity contribution in [1.82, 2.24) is 5.32 Å². The van der Waals surface area contributed by atoms with Crippen LogP contribution >= 0.6 is 0 Å². The maximum absolute atomic E-state index is 12.5. The largest absolute Gasteiger partial charge is 0.394 e. The van der Waals surface area contributed by atoms with Gasteiger partial charge in [-0.25, -0.2) is 0 Å². The Balaban J connectivity index is 2.55. The first-order valence-electron chi connectivity index (χ1n) is 6.49. The molecule has 0 radical (unpaired) electrons. The van der Waals surface area contributed by atoms with Gasteiger partial charge in [0.2, 0.25) is 5.91 Å². The molecule has 0 aromatic carbocycles. The second-order valence-corrected chi connectivity index (χ2v) is 5.33. The number of aliphatic hydroxyl groups is 3. The number of hydrogen-bond donors (Lipinski definition) is 4. The molecule has 0 unspecified atom stereocenters. The lowest BCUT2D eigenvalue weighted by atomic mass is 9.81. The summed E-state index contributed by atoms with van der Waals surface area (Å²) in [6.07, 6.45) is -4.23. The molecule has 20 heavy (non-hydrogen) atoms. The Morgan fingerprint density at radius 3 is 1.80 bits per heavy atom. The van der Waals surface area contributed by atoms with Gasteiger partial charge in [-0.2, -0.15) is 13.2 Å². The Labute approximate surface area is 114 Å². The number of hydrogen-bond acceptors (Lipinski definition) is 4. The Bertz CT molecular complexity index is 315. The standard InChI is InChI=1S/C12H20F3NO4/c13-12(14,15)9-3-1-8(2-4-9)10(20)16-11(5-17,6-18)7-19/h8-9,17-19H,1-7H2,(H,16,20). The van der Waals surface area contributed by atoms with Gasteiger partial charge in [0.25, 0.3) is 0 Å². The molecule has 4 N–H and O–H groups in total. The average molecular weight is 299 g/mol. The fourth-order valence-corrected chi connectivity index (χ4v) is 2.31. The number of amides is 1. The predicted octanol–water partition coefficient (Wildman–Crippen LogP) is 0.187. The van der Waals surface area contributed by atoms with E-state index in [4.69, 9.17) is 15.3 Å². The molecule has 5 nitrogen and oxygen atoms in total. The summed E-state index contributed by atoms with van der Waals surface area (Å²) in [5, 5.41) is 29.6. The summed E-state index contributed by atoms with van der Waals surface area (Å²) in [4.78, 5) is 11.9. The second-order valence-electron chi connectivity index (χ2n) is 5.33. The van der Waals surface area contributed by atoms with E-state index >= 15 is 0 Å². The van der Waals surface area contributed by atoms with E-state index in [1.54, 1.807) is 0 Å². The lowest BCUT2D eigenvalue weighted by molar-refractivity contribution is -0.184. The van der Waals surface area contributed by atoms with Crippen molar-refractivity contribution in [3.63, 3.8) is 0 Å². The summed E-state index contributed by atoms with van der Waals surface area (Å²) in [5.74, 6) is -2.50. The van der Waals surface area contributed by atoms with Crippen LogP contribution < -0.4 is 5.32 Å². The summed E-state index contributed by atoms with van der Waals surface area (Å²) in [5.41, 5.74) is -1.53. The van der Waals surface area contributed by atoms with E-state index in [-0.39, 0.29) is 25.7 Å². The molecule has 0 aromatic heterocycles. The summed E-state index contributed by atoms with van der Waals surface area (Å²) >= 11 is 0. The fourth-order valence-electron chi connectivity index (χ4n) is 2.31. The van der Waals surface area contributed by atoms with Gasteiger partial charge in [-0.15, -0.1) is 0 Å². The molecule has 1 amide bonds. The Morgan fingerprint density at radius 2 is 1.45 bits per heavy atom. The zero-order valence-electron chi connectivity index (χ0n) is 11.0. The van der Waals surface area contributed by atoms with Crippen molar-refractivity contribution in [1.29, 1.82) is 0 Å². The first kappa shape index (κ1) is 17.2. The van der Waals surface area contributed by atoms with Gasteiger partial charge < -0.3 is 20.6 Å². The molecule has 1 saturated carbocycles. The molecule has 0 atom stereocenters. The van der Waals surface area contributed by atoms with Crippen molar-refractivity contribution in [2.45, 2.75) is 37.4 Å². The highest BCUT2D eigenvalue weighted by molar-refractivity contribution is 5.79. The van der Waals surface area contributed by atoms with Crippen molar-refractivity contribution in [2.24, 2.45) is 11.8 Å². The smallest absolute Gasteiger partial charge is 0.391 e. The van der Waals surface area contributed by atoms with Crippen molar-refractivity contribution < 1.29 is 33.3 Å². The zero-order chi connectivity index (χ0) is 15.4. The first-order chi connectivity index (χ1) is 9.28. The number of carbonyl (C=O) groups excluding carboxylic acids is 1. The summed E-state index contributed by atoms with van der Waals surface area (Å²) in [6, 6.07) is 0. The molecule has 8 heteroatoms. The minimum atomic E-state index is -4.23. The lowest BCUT2D eigenvalue weighted by Crippen LogP contribution is -2.58. The molecular formula is C12H20F3NO4. The topological polar surface area (TPSA) is 89.8 Å². The normalized spacial score (nSPS) is 24.5. The Kier molecular flexibility index (Phi) is 5.79.